The molecule has 2 aromatic rings. The molecule has 0 saturated heterocycles. The number of hydrogen-bond acceptors (Lipinski definition) is 5. The third kappa shape index (κ3) is 2.64. The van der Waals surface area contributed by atoms with Gasteiger partial charge in [-0.05, 0) is 50.1 Å². The van der Waals surface area contributed by atoms with Gasteiger partial charge < -0.3 is 24.4 Å². The van der Waals surface area contributed by atoms with Crippen LogP contribution in [0.1, 0.15) is 36.5 Å². The Kier molecular flexibility index (Phi) is 3.75. The summed E-state index contributed by atoms with van der Waals surface area (Å²) in [6.45, 7) is 4.45. The molecule has 0 bridgehead atoms. The summed E-state index contributed by atoms with van der Waals surface area (Å²) in [5.41, 5.74) is 2.34. The van der Waals surface area contributed by atoms with Crippen molar-refractivity contribution in [2.24, 2.45) is 0 Å². The molecule has 0 radical (unpaired) electrons. The number of fused-ring (bicyclic) bond motifs is 3. The van der Waals surface area contributed by atoms with E-state index in [0.717, 1.165) is 22.6 Å². The van der Waals surface area contributed by atoms with Crippen molar-refractivity contribution in [2.45, 2.75) is 31.8 Å². The summed E-state index contributed by atoms with van der Waals surface area (Å²) in [5, 5.41) is 20.4. The maximum Gasteiger partial charge on any atom is 0.200 e. The van der Waals surface area contributed by atoms with Gasteiger partial charge in [0.25, 0.3) is 0 Å². The predicted octanol–water partition coefficient (Wildman–Crippen LogP) is 4.01. The van der Waals surface area contributed by atoms with Crippen LogP contribution in [0.2, 0.25) is 0 Å². The second kappa shape index (κ2) is 5.87. The van der Waals surface area contributed by atoms with Crippen LogP contribution in [0, 0.1) is 0 Å². The quantitative estimate of drug-likeness (QED) is 0.798. The zero-order chi connectivity index (χ0) is 18.5. The van der Waals surface area contributed by atoms with Crippen molar-refractivity contribution >= 4 is 6.08 Å². The van der Waals surface area contributed by atoms with Gasteiger partial charge in [-0.25, -0.2) is 0 Å². The van der Waals surface area contributed by atoms with Crippen molar-refractivity contribution in [1.29, 1.82) is 0 Å². The monoisotopic (exact) mass is 354 g/mol. The Labute approximate surface area is 152 Å². The van der Waals surface area contributed by atoms with Gasteiger partial charge in [-0.3, -0.25) is 0 Å². The molecule has 0 fully saturated rings. The van der Waals surface area contributed by atoms with Crippen molar-refractivity contribution in [1.82, 2.24) is 0 Å². The molecule has 2 aliphatic rings. The fourth-order valence-electron chi connectivity index (χ4n) is 3.59. The second-order valence-corrected chi connectivity index (χ2v) is 7.27. The number of phenolic OH excluding ortho intramolecular Hbond substituents is 2. The van der Waals surface area contributed by atoms with Gasteiger partial charge in [0.05, 0.1) is 19.3 Å². The molecule has 26 heavy (non-hydrogen) atoms. The van der Waals surface area contributed by atoms with Crippen LogP contribution in [-0.2, 0) is 6.42 Å². The lowest BCUT2D eigenvalue weighted by molar-refractivity contribution is 0.157. The van der Waals surface area contributed by atoms with Gasteiger partial charge in [0.1, 0.15) is 17.1 Å². The van der Waals surface area contributed by atoms with Crippen LogP contribution < -0.4 is 14.2 Å². The average molecular weight is 354 g/mol. The van der Waals surface area contributed by atoms with Crippen LogP contribution >= 0.6 is 0 Å². The topological polar surface area (TPSA) is 68.2 Å². The summed E-state index contributed by atoms with van der Waals surface area (Å²) in [6, 6.07) is 7.41. The van der Waals surface area contributed by atoms with E-state index in [4.69, 9.17) is 14.2 Å². The molecule has 0 spiro atoms. The zero-order valence-electron chi connectivity index (χ0n) is 15.1. The molecule has 5 nitrogen and oxygen atoms in total. The standard InChI is InChI=1S/C21H22O5/c1-21(2)9-8-15-16(26-21)6-4-12-10-13(11-25-20(12)15)14-5-7-17(24-3)19(23)18(14)22/h4-9,13,22-23H,10-11H2,1-3H3/t13-/m1/s1. The summed E-state index contributed by atoms with van der Waals surface area (Å²) >= 11 is 0. The lowest BCUT2D eigenvalue weighted by atomic mass is 9.87. The number of benzene rings is 2. The highest BCUT2D eigenvalue weighted by atomic mass is 16.5. The highest BCUT2D eigenvalue weighted by Gasteiger charge is 2.30. The van der Waals surface area contributed by atoms with Gasteiger partial charge in [-0.2, -0.15) is 0 Å². The number of phenols is 2. The molecule has 2 N–H and O–H groups in total. The molecule has 0 unspecified atom stereocenters. The molecule has 5 heteroatoms. The van der Waals surface area contributed by atoms with Gasteiger partial charge in [0, 0.05) is 11.5 Å². The lowest BCUT2D eigenvalue weighted by Gasteiger charge is -2.32. The average Bonchev–Trinajstić information content (AvgIpc) is 2.62. The molecule has 4 rings (SSSR count). The van der Waals surface area contributed by atoms with Crippen LogP contribution in [0.3, 0.4) is 0 Å². The van der Waals surface area contributed by atoms with E-state index in [1.54, 1.807) is 12.1 Å². The first-order valence-electron chi connectivity index (χ1n) is 8.65. The van der Waals surface area contributed by atoms with E-state index in [2.05, 4.69) is 6.08 Å². The van der Waals surface area contributed by atoms with Crippen molar-refractivity contribution < 1.29 is 24.4 Å². The van der Waals surface area contributed by atoms with E-state index in [1.165, 1.54) is 7.11 Å². The molecule has 2 aromatic carbocycles. The maximum atomic E-state index is 10.3. The number of methoxy groups -OCH3 is 1. The van der Waals surface area contributed by atoms with Crippen molar-refractivity contribution in [3.63, 3.8) is 0 Å². The fraction of sp³-hybridized carbons (Fsp3) is 0.333. The van der Waals surface area contributed by atoms with Gasteiger partial charge >= 0.3 is 0 Å². The zero-order valence-corrected chi connectivity index (χ0v) is 15.1. The van der Waals surface area contributed by atoms with Gasteiger partial charge in [-0.15, -0.1) is 0 Å². The second-order valence-electron chi connectivity index (χ2n) is 7.27. The molecule has 2 heterocycles. The lowest BCUT2D eigenvalue weighted by Crippen LogP contribution is -2.28. The fourth-order valence-corrected chi connectivity index (χ4v) is 3.59. The highest BCUT2D eigenvalue weighted by Crippen LogP contribution is 2.46. The minimum atomic E-state index is -0.329. The third-order valence-electron chi connectivity index (χ3n) is 4.96. The Morgan fingerprint density at radius 3 is 2.69 bits per heavy atom. The summed E-state index contributed by atoms with van der Waals surface area (Å²) < 4.78 is 17.1. The Hall–Kier alpha value is -2.82. The summed E-state index contributed by atoms with van der Waals surface area (Å²) in [7, 11) is 1.45. The number of aromatic hydroxyl groups is 2. The Bertz CT molecular complexity index is 898. The van der Waals surface area contributed by atoms with E-state index in [-0.39, 0.29) is 28.8 Å². The maximum absolute atomic E-state index is 10.3. The summed E-state index contributed by atoms with van der Waals surface area (Å²) in [4.78, 5) is 0. The van der Waals surface area contributed by atoms with Crippen LogP contribution in [0.25, 0.3) is 6.08 Å². The normalized spacial score (nSPS) is 19.7. The van der Waals surface area contributed by atoms with Crippen LogP contribution in [-0.4, -0.2) is 29.5 Å². The Morgan fingerprint density at radius 2 is 1.92 bits per heavy atom. The molecular weight excluding hydrogens is 332 g/mol. The van der Waals surface area contributed by atoms with E-state index >= 15 is 0 Å². The molecule has 0 saturated carbocycles. The smallest absolute Gasteiger partial charge is 0.200 e. The SMILES string of the molecule is COc1ccc([C@H]2COc3c(ccc4c3C=CC(C)(C)O4)C2)c(O)c1O. The van der Waals surface area contributed by atoms with Crippen LogP contribution in [0.5, 0.6) is 28.7 Å². The molecule has 0 amide bonds. The molecule has 136 valence electrons. The van der Waals surface area contributed by atoms with E-state index in [9.17, 15) is 10.2 Å². The molecular formula is C21H22O5. The Morgan fingerprint density at radius 1 is 1.12 bits per heavy atom. The molecule has 0 aromatic heterocycles. The first-order valence-corrected chi connectivity index (χ1v) is 8.65. The van der Waals surface area contributed by atoms with Crippen molar-refractivity contribution in [3.8, 4) is 28.7 Å². The predicted molar refractivity (Wildman–Crippen MR) is 98.4 cm³/mol. The third-order valence-corrected chi connectivity index (χ3v) is 4.96. The van der Waals surface area contributed by atoms with Crippen LogP contribution in [0.4, 0.5) is 0 Å². The number of rotatable bonds is 2. The van der Waals surface area contributed by atoms with Gasteiger partial charge in [0.2, 0.25) is 5.75 Å². The first kappa shape index (κ1) is 16.6. The first-order chi connectivity index (χ1) is 12.4. The minimum Gasteiger partial charge on any atom is -0.504 e. The van der Waals surface area contributed by atoms with E-state index in [0.29, 0.717) is 18.6 Å². The largest absolute Gasteiger partial charge is 0.504 e. The molecule has 2 aliphatic heterocycles. The van der Waals surface area contributed by atoms with Crippen molar-refractivity contribution in [3.05, 3.63) is 47.0 Å². The van der Waals surface area contributed by atoms with Gasteiger partial charge in [0.15, 0.2) is 11.5 Å². The molecule has 0 aliphatic carbocycles. The van der Waals surface area contributed by atoms with E-state index in [1.807, 2.05) is 32.1 Å². The van der Waals surface area contributed by atoms with Crippen LogP contribution in [0.15, 0.2) is 30.3 Å². The van der Waals surface area contributed by atoms with E-state index < -0.39 is 0 Å². The van der Waals surface area contributed by atoms with Crippen molar-refractivity contribution in [2.75, 3.05) is 13.7 Å². The van der Waals surface area contributed by atoms with Gasteiger partial charge in [-0.1, -0.05) is 12.1 Å². The number of ether oxygens (including phenoxy) is 3. The number of hydrogen-bond donors (Lipinski definition) is 2. The molecule has 1 atom stereocenters. The summed E-state index contributed by atoms with van der Waals surface area (Å²) in [6.07, 6.45) is 4.78. The Balaban J connectivity index is 1.67. The summed E-state index contributed by atoms with van der Waals surface area (Å²) in [5.74, 6) is 1.47. The minimum absolute atomic E-state index is 0.0534. The highest BCUT2D eigenvalue weighted by molar-refractivity contribution is 5.69.